The number of anilines is 2. The zero-order valence-corrected chi connectivity index (χ0v) is 17.1. The van der Waals surface area contributed by atoms with Gasteiger partial charge in [-0.3, -0.25) is 4.79 Å². The Morgan fingerprint density at radius 3 is 2.73 bits per heavy atom. The van der Waals surface area contributed by atoms with Gasteiger partial charge < -0.3 is 15.7 Å². The van der Waals surface area contributed by atoms with Gasteiger partial charge in [-0.25, -0.2) is 0 Å². The molecule has 5 rings (SSSR count). The molecule has 0 saturated heterocycles. The Balaban J connectivity index is 1.53. The lowest BCUT2D eigenvalue weighted by molar-refractivity contribution is 0.102. The van der Waals surface area contributed by atoms with E-state index in [-0.39, 0.29) is 23.6 Å². The number of carbonyl (C=O) groups excluding carboxylic acids is 1. The van der Waals surface area contributed by atoms with E-state index < -0.39 is 0 Å². The number of hydrogen-bond acceptors (Lipinski definition) is 3. The number of aryl methyl sites for hydroxylation is 1. The predicted molar refractivity (Wildman–Crippen MR) is 121 cm³/mol. The van der Waals surface area contributed by atoms with Gasteiger partial charge in [-0.2, -0.15) is 0 Å². The van der Waals surface area contributed by atoms with E-state index >= 15 is 0 Å². The van der Waals surface area contributed by atoms with E-state index in [9.17, 15) is 9.90 Å². The number of benzene rings is 3. The number of phenols is 1. The summed E-state index contributed by atoms with van der Waals surface area (Å²) >= 11 is 0. The summed E-state index contributed by atoms with van der Waals surface area (Å²) in [5, 5.41) is 17.5. The van der Waals surface area contributed by atoms with Crippen LogP contribution in [0.1, 0.15) is 57.1 Å². The van der Waals surface area contributed by atoms with Gasteiger partial charge in [0.25, 0.3) is 5.91 Å². The van der Waals surface area contributed by atoms with Crippen LogP contribution in [-0.4, -0.2) is 11.0 Å². The smallest absolute Gasteiger partial charge is 0.259 e. The minimum atomic E-state index is -0.294. The molecule has 4 heteroatoms. The van der Waals surface area contributed by atoms with Gasteiger partial charge >= 0.3 is 0 Å². The summed E-state index contributed by atoms with van der Waals surface area (Å²) in [6.07, 6.45) is 5.09. The highest BCUT2D eigenvalue weighted by Crippen LogP contribution is 2.50. The summed E-state index contributed by atoms with van der Waals surface area (Å²) in [4.78, 5) is 13.0. The van der Waals surface area contributed by atoms with Crippen LogP contribution in [0, 0.1) is 6.92 Å². The quantitative estimate of drug-likeness (QED) is 0.525. The summed E-state index contributed by atoms with van der Waals surface area (Å²) in [5.41, 5.74) is 7.32. The van der Waals surface area contributed by atoms with Gasteiger partial charge in [-0.05, 0) is 59.4 Å². The Hall–Kier alpha value is -3.53. The second-order valence-corrected chi connectivity index (χ2v) is 7.96. The molecule has 0 fully saturated rings. The lowest BCUT2D eigenvalue weighted by Crippen LogP contribution is -2.19. The van der Waals surface area contributed by atoms with E-state index in [4.69, 9.17) is 0 Å². The lowest BCUT2D eigenvalue weighted by Gasteiger charge is -2.27. The predicted octanol–water partition coefficient (Wildman–Crippen LogP) is 5.79. The van der Waals surface area contributed by atoms with E-state index in [2.05, 4.69) is 47.9 Å². The second kappa shape index (κ2) is 7.06. The first-order valence-corrected chi connectivity index (χ1v) is 10.4. The lowest BCUT2D eigenvalue weighted by atomic mass is 9.80. The third-order valence-electron chi connectivity index (χ3n) is 6.30. The monoisotopic (exact) mass is 396 g/mol. The van der Waals surface area contributed by atoms with Crippen molar-refractivity contribution in [1.82, 2.24) is 0 Å². The Kier molecular flexibility index (Phi) is 4.35. The molecule has 2 atom stereocenters. The number of fused-ring (bicyclic) bond motifs is 5. The zero-order valence-electron chi connectivity index (χ0n) is 17.1. The van der Waals surface area contributed by atoms with Crippen molar-refractivity contribution in [3.63, 3.8) is 0 Å². The molecule has 0 spiro atoms. The number of carbonyl (C=O) groups is 1. The van der Waals surface area contributed by atoms with E-state index in [0.29, 0.717) is 5.56 Å². The van der Waals surface area contributed by atoms with E-state index in [0.717, 1.165) is 40.0 Å². The largest absolute Gasteiger partial charge is 0.507 e. The first kappa shape index (κ1) is 18.5. The van der Waals surface area contributed by atoms with Crippen molar-refractivity contribution in [3.05, 3.63) is 94.1 Å². The number of aromatic hydroxyl groups is 1. The highest BCUT2D eigenvalue weighted by atomic mass is 16.3. The van der Waals surface area contributed by atoms with Crippen molar-refractivity contribution in [1.29, 1.82) is 0 Å². The van der Waals surface area contributed by atoms with Crippen LogP contribution in [0.15, 0.2) is 60.7 Å². The Bertz CT molecular complexity index is 1200. The van der Waals surface area contributed by atoms with Gasteiger partial charge in [0.1, 0.15) is 5.75 Å². The number of nitrogens with one attached hydrogen (secondary N) is 2. The number of rotatable bonds is 3. The number of amides is 1. The Labute approximate surface area is 176 Å². The maximum atomic E-state index is 13.0. The summed E-state index contributed by atoms with van der Waals surface area (Å²) in [7, 11) is 0. The first-order valence-electron chi connectivity index (χ1n) is 10.4. The van der Waals surface area contributed by atoms with Crippen LogP contribution in [-0.2, 0) is 6.42 Å². The van der Waals surface area contributed by atoms with Gasteiger partial charge in [-0.15, -0.1) is 0 Å². The van der Waals surface area contributed by atoms with Crippen LogP contribution in [0.2, 0.25) is 0 Å². The normalized spacial score (nSPS) is 18.2. The topological polar surface area (TPSA) is 61.4 Å². The van der Waals surface area contributed by atoms with Gasteiger partial charge in [0, 0.05) is 17.3 Å². The molecule has 1 amide bonds. The molecule has 3 aromatic carbocycles. The van der Waals surface area contributed by atoms with Crippen molar-refractivity contribution in [2.45, 2.75) is 32.2 Å². The Morgan fingerprint density at radius 1 is 1.13 bits per heavy atom. The molecular formula is C26H24N2O2. The van der Waals surface area contributed by atoms with Crippen LogP contribution in [0.5, 0.6) is 5.75 Å². The molecule has 3 N–H and O–H groups in total. The maximum Gasteiger partial charge on any atom is 0.259 e. The average Bonchev–Trinajstić information content (AvgIpc) is 3.15. The average molecular weight is 396 g/mol. The molecule has 2 unspecified atom stereocenters. The number of phenolic OH excluding ortho intramolecular Hbond substituents is 1. The van der Waals surface area contributed by atoms with Crippen LogP contribution < -0.4 is 10.6 Å². The molecule has 4 nitrogen and oxygen atoms in total. The van der Waals surface area contributed by atoms with Crippen molar-refractivity contribution in [3.8, 4) is 5.75 Å². The molecule has 30 heavy (non-hydrogen) atoms. The van der Waals surface area contributed by atoms with Crippen molar-refractivity contribution in [2.24, 2.45) is 0 Å². The van der Waals surface area contributed by atoms with Gasteiger partial charge in [0.15, 0.2) is 0 Å². The van der Waals surface area contributed by atoms with Crippen LogP contribution in [0.4, 0.5) is 11.4 Å². The molecule has 1 aliphatic heterocycles. The standard InChI is InChI=1S/C26H24N2O2/c1-3-16-8-4-6-10-21(16)28-26(30)20-14-17-12-13-19-18-9-5-7-11-22(18)27-24(19)23(17)15(2)25(20)29/h4-14,19,24,27,29H,3H2,1-2H3,(H,28,30). The minimum Gasteiger partial charge on any atom is -0.507 e. The fraction of sp³-hybridized carbons (Fsp3) is 0.192. The molecule has 0 radical (unpaired) electrons. The van der Waals surface area contributed by atoms with E-state index in [1.54, 1.807) is 6.07 Å². The minimum absolute atomic E-state index is 0.0482. The van der Waals surface area contributed by atoms with E-state index in [1.807, 2.05) is 37.3 Å². The van der Waals surface area contributed by atoms with Crippen molar-refractivity contribution in [2.75, 3.05) is 10.6 Å². The molecule has 1 aliphatic carbocycles. The fourth-order valence-electron chi connectivity index (χ4n) is 4.74. The third-order valence-corrected chi connectivity index (χ3v) is 6.30. The van der Waals surface area contributed by atoms with Crippen LogP contribution >= 0.6 is 0 Å². The molecule has 0 aromatic heterocycles. The SMILES string of the molecule is CCc1ccccc1NC(=O)c1cc2c(c(C)c1O)C1Nc3ccccc3C1C=C2. The number of hydrogen-bond donors (Lipinski definition) is 3. The van der Waals surface area contributed by atoms with E-state index in [1.165, 1.54) is 5.56 Å². The molecule has 3 aromatic rings. The summed E-state index contributed by atoms with van der Waals surface area (Å²) in [5.74, 6) is -0.0209. The summed E-state index contributed by atoms with van der Waals surface area (Å²) in [6.45, 7) is 3.95. The van der Waals surface area contributed by atoms with Gasteiger partial charge in [-0.1, -0.05) is 55.5 Å². The highest BCUT2D eigenvalue weighted by molar-refractivity contribution is 6.07. The zero-order chi connectivity index (χ0) is 20.8. The van der Waals surface area contributed by atoms with Gasteiger partial charge in [0.2, 0.25) is 0 Å². The fourth-order valence-corrected chi connectivity index (χ4v) is 4.74. The van der Waals surface area contributed by atoms with Gasteiger partial charge in [0.05, 0.1) is 11.6 Å². The molecule has 2 aliphatic rings. The highest BCUT2D eigenvalue weighted by Gasteiger charge is 2.36. The Morgan fingerprint density at radius 2 is 1.90 bits per heavy atom. The molecular weight excluding hydrogens is 372 g/mol. The van der Waals surface area contributed by atoms with Crippen LogP contribution in [0.3, 0.4) is 0 Å². The molecule has 150 valence electrons. The molecule has 0 bridgehead atoms. The molecule has 0 saturated carbocycles. The third kappa shape index (κ3) is 2.79. The van der Waals surface area contributed by atoms with Crippen LogP contribution in [0.25, 0.3) is 6.08 Å². The summed E-state index contributed by atoms with van der Waals surface area (Å²) < 4.78 is 0. The maximum absolute atomic E-state index is 13.0. The molecule has 1 heterocycles. The number of para-hydroxylation sites is 2. The van der Waals surface area contributed by atoms with Crippen molar-refractivity contribution < 1.29 is 9.90 Å². The van der Waals surface area contributed by atoms with Crippen molar-refractivity contribution >= 4 is 23.4 Å². The second-order valence-electron chi connectivity index (χ2n) is 7.96. The summed E-state index contributed by atoms with van der Waals surface area (Å²) in [6, 6.07) is 17.9. The first-order chi connectivity index (χ1) is 14.6.